The fraction of sp³-hybridized carbons (Fsp3) is 0.750. The molecule has 0 saturated carbocycles. The maximum atomic E-state index is 6.32. The summed E-state index contributed by atoms with van der Waals surface area (Å²) in [5.74, 6) is 1.07. The van der Waals surface area contributed by atoms with E-state index >= 15 is 0 Å². The lowest BCUT2D eigenvalue weighted by Gasteiger charge is -2.35. The summed E-state index contributed by atoms with van der Waals surface area (Å²) in [5.41, 5.74) is 3.68. The third-order valence-electron chi connectivity index (χ3n) is 3.09. The average Bonchev–Trinajstić information content (AvgIpc) is 2.35. The topological polar surface area (TPSA) is 27.7 Å². The minimum atomic E-state index is -2.45. The molecule has 0 aliphatic heterocycles. The van der Waals surface area contributed by atoms with Crippen LogP contribution in [0.2, 0.25) is 13.1 Å². The molecule has 0 N–H and O–H groups in total. The Bertz CT molecular complexity index is 333. The van der Waals surface area contributed by atoms with Gasteiger partial charge in [-0.3, -0.25) is 0 Å². The van der Waals surface area contributed by atoms with Crippen molar-refractivity contribution in [1.29, 1.82) is 0 Å². The molecule has 0 aliphatic carbocycles. The van der Waals surface area contributed by atoms with Crippen LogP contribution in [-0.4, -0.2) is 29.8 Å². The second kappa shape index (κ2) is 9.05. The van der Waals surface area contributed by atoms with Crippen LogP contribution in [-0.2, 0) is 13.0 Å². The minimum Gasteiger partial charge on any atom is -0.409 e. The molecule has 0 aromatic rings. The van der Waals surface area contributed by atoms with Crippen molar-refractivity contribution in [3.8, 4) is 0 Å². The minimum absolute atomic E-state index is 0.160. The van der Waals surface area contributed by atoms with Crippen molar-refractivity contribution in [3.63, 3.8) is 0 Å². The molecule has 0 rings (SSSR count). The highest BCUT2D eigenvalue weighted by atomic mass is 28.5. The first-order chi connectivity index (χ1) is 9.56. The molecule has 124 valence electrons. The van der Waals surface area contributed by atoms with Crippen LogP contribution in [0.4, 0.5) is 0 Å². The second-order valence-electron chi connectivity index (χ2n) is 6.81. The monoisotopic (exact) mass is 330 g/mol. The van der Waals surface area contributed by atoms with Gasteiger partial charge in [-0.15, -0.1) is 13.2 Å². The molecular formula is C16H34O3Si2. The van der Waals surface area contributed by atoms with E-state index in [0.717, 1.165) is 6.42 Å². The Morgan fingerprint density at radius 3 is 1.81 bits per heavy atom. The number of hydrogen-bond acceptors (Lipinski definition) is 3. The second-order valence-corrected chi connectivity index (χ2v) is 13.0. The van der Waals surface area contributed by atoms with Gasteiger partial charge in [-0.1, -0.05) is 39.1 Å². The van der Waals surface area contributed by atoms with Crippen molar-refractivity contribution in [2.75, 3.05) is 6.61 Å². The Morgan fingerprint density at radius 2 is 1.43 bits per heavy atom. The Hall–Kier alpha value is -0.206. The van der Waals surface area contributed by atoms with Gasteiger partial charge in [-0.05, 0) is 38.3 Å². The van der Waals surface area contributed by atoms with Crippen LogP contribution in [0.3, 0.4) is 0 Å². The lowest BCUT2D eigenvalue weighted by Crippen LogP contribution is -2.52. The highest BCUT2D eigenvalue weighted by Crippen LogP contribution is 2.22. The summed E-state index contributed by atoms with van der Waals surface area (Å²) < 4.78 is 18.5. The van der Waals surface area contributed by atoms with Crippen molar-refractivity contribution in [2.24, 2.45) is 11.8 Å². The summed E-state index contributed by atoms with van der Waals surface area (Å²) in [5, 5.41) is 0. The summed E-state index contributed by atoms with van der Waals surface area (Å²) >= 11 is 0. The number of hydrogen-bond donors (Lipinski definition) is 0. The summed E-state index contributed by atoms with van der Waals surface area (Å²) in [4.78, 5) is 0. The zero-order chi connectivity index (χ0) is 16.7. The largest absolute Gasteiger partial charge is 0.409 e. The van der Waals surface area contributed by atoms with Gasteiger partial charge < -0.3 is 13.0 Å². The van der Waals surface area contributed by atoms with E-state index in [-0.39, 0.29) is 6.10 Å². The first-order valence-corrected chi connectivity index (χ1v) is 12.6. The predicted octanol–water partition coefficient (Wildman–Crippen LogP) is 4.72. The summed E-state index contributed by atoms with van der Waals surface area (Å²) in [6, 6.07) is 0. The van der Waals surface area contributed by atoms with Crippen LogP contribution in [0, 0.1) is 11.8 Å². The SMILES string of the molecule is C=C[Si](C)(OCC(C)C)O[Si](C)(C=C)OC(C)CC(C)C. The van der Waals surface area contributed by atoms with E-state index in [1.807, 2.05) is 24.5 Å². The van der Waals surface area contributed by atoms with E-state index in [0.29, 0.717) is 18.4 Å². The van der Waals surface area contributed by atoms with Crippen molar-refractivity contribution >= 4 is 17.1 Å². The molecule has 0 fully saturated rings. The quantitative estimate of drug-likeness (QED) is 0.513. The van der Waals surface area contributed by atoms with Gasteiger partial charge in [0.25, 0.3) is 0 Å². The lowest BCUT2D eigenvalue weighted by molar-refractivity contribution is 0.136. The van der Waals surface area contributed by atoms with Crippen molar-refractivity contribution < 1.29 is 13.0 Å². The first kappa shape index (κ1) is 20.8. The van der Waals surface area contributed by atoms with Crippen LogP contribution in [0.1, 0.15) is 41.0 Å². The van der Waals surface area contributed by atoms with Gasteiger partial charge in [0.15, 0.2) is 0 Å². The molecule has 0 aromatic carbocycles. The zero-order valence-electron chi connectivity index (χ0n) is 14.9. The molecule has 0 radical (unpaired) electrons. The molecule has 0 bridgehead atoms. The summed E-state index contributed by atoms with van der Waals surface area (Å²) in [6.07, 6.45) is 1.17. The highest BCUT2D eigenvalue weighted by molar-refractivity contribution is 6.84. The van der Waals surface area contributed by atoms with Crippen molar-refractivity contribution in [2.45, 2.75) is 60.2 Å². The smallest absolute Gasteiger partial charge is 0.352 e. The Kier molecular flexibility index (Phi) is 8.96. The fourth-order valence-electron chi connectivity index (χ4n) is 2.09. The molecule has 3 atom stereocenters. The molecule has 0 amide bonds. The van der Waals surface area contributed by atoms with Crippen LogP contribution >= 0.6 is 0 Å². The average molecular weight is 331 g/mol. The van der Waals surface area contributed by atoms with Gasteiger partial charge in [-0.2, -0.15) is 0 Å². The van der Waals surface area contributed by atoms with Gasteiger partial charge in [-0.25, -0.2) is 0 Å². The van der Waals surface area contributed by atoms with Crippen LogP contribution < -0.4 is 0 Å². The van der Waals surface area contributed by atoms with Gasteiger partial charge in [0.2, 0.25) is 0 Å². The van der Waals surface area contributed by atoms with Gasteiger partial charge in [0.05, 0.1) is 0 Å². The molecule has 0 saturated heterocycles. The van der Waals surface area contributed by atoms with Crippen LogP contribution in [0.25, 0.3) is 0 Å². The highest BCUT2D eigenvalue weighted by Gasteiger charge is 2.40. The predicted molar refractivity (Wildman–Crippen MR) is 95.5 cm³/mol. The maximum Gasteiger partial charge on any atom is 0.352 e. The third kappa shape index (κ3) is 8.73. The fourth-order valence-corrected chi connectivity index (χ4v) is 8.18. The molecule has 0 spiro atoms. The molecule has 0 aliphatic rings. The summed E-state index contributed by atoms with van der Waals surface area (Å²) in [6.45, 7) is 23.3. The maximum absolute atomic E-state index is 6.32. The van der Waals surface area contributed by atoms with E-state index in [9.17, 15) is 0 Å². The van der Waals surface area contributed by atoms with E-state index in [4.69, 9.17) is 13.0 Å². The van der Waals surface area contributed by atoms with Crippen LogP contribution in [0.15, 0.2) is 24.6 Å². The molecule has 3 unspecified atom stereocenters. The normalized spacial score (nSPS) is 19.1. The Morgan fingerprint density at radius 1 is 0.905 bits per heavy atom. The molecule has 0 heterocycles. The molecular weight excluding hydrogens is 296 g/mol. The zero-order valence-corrected chi connectivity index (χ0v) is 16.9. The molecule has 0 aromatic heterocycles. The third-order valence-corrected chi connectivity index (χ3v) is 9.42. The van der Waals surface area contributed by atoms with Gasteiger partial charge >= 0.3 is 17.1 Å². The Balaban J connectivity index is 4.82. The van der Waals surface area contributed by atoms with E-state index < -0.39 is 17.1 Å². The standard InChI is InChI=1S/C16H34O3Si2/c1-10-20(8,17-13-15(5)6)19-21(9,11-2)18-16(7)12-14(3)4/h10-11,14-16H,1-2,12-13H2,3-9H3. The Labute approximate surface area is 133 Å². The lowest BCUT2D eigenvalue weighted by atomic mass is 10.1. The molecule has 5 heteroatoms. The first-order valence-electron chi connectivity index (χ1n) is 7.85. The number of rotatable bonds is 11. The molecule has 3 nitrogen and oxygen atoms in total. The van der Waals surface area contributed by atoms with Crippen LogP contribution in [0.5, 0.6) is 0 Å². The van der Waals surface area contributed by atoms with E-state index in [2.05, 4.69) is 47.8 Å². The van der Waals surface area contributed by atoms with Gasteiger partial charge in [0, 0.05) is 12.7 Å². The van der Waals surface area contributed by atoms with E-state index in [1.165, 1.54) is 0 Å². The van der Waals surface area contributed by atoms with E-state index in [1.54, 1.807) is 0 Å². The van der Waals surface area contributed by atoms with Gasteiger partial charge in [0.1, 0.15) is 0 Å². The van der Waals surface area contributed by atoms with Crippen molar-refractivity contribution in [1.82, 2.24) is 0 Å². The summed E-state index contributed by atoms with van der Waals surface area (Å²) in [7, 11) is -4.87. The molecule has 21 heavy (non-hydrogen) atoms. The van der Waals surface area contributed by atoms with Crippen molar-refractivity contribution in [3.05, 3.63) is 24.6 Å².